The van der Waals surface area contributed by atoms with Crippen LogP contribution in [0, 0.1) is 6.92 Å². The molecule has 2 fully saturated rings. The van der Waals surface area contributed by atoms with Gasteiger partial charge in [0.25, 0.3) is 5.91 Å². The van der Waals surface area contributed by atoms with E-state index >= 15 is 0 Å². The van der Waals surface area contributed by atoms with E-state index in [1.165, 1.54) is 38.5 Å². The molecule has 0 aliphatic heterocycles. The zero-order chi connectivity index (χ0) is 29.4. The molecule has 41 heavy (non-hydrogen) atoms. The molecule has 6 nitrogen and oxygen atoms in total. The largest absolute Gasteiger partial charge is 0.480 e. The third-order valence-electron chi connectivity index (χ3n) is 9.00. The third-order valence-corrected chi connectivity index (χ3v) is 9.64. The SMILES string of the molecule is CSCCC(NC(=O)c1ccc(C(C)C(=O)N(C2CCCCC2)C2CCCCC2)cc1-c1ccccc1C)C(=O)O. The fraction of sp³-hybridized carbons (Fsp3) is 0.559. The molecule has 2 unspecified atom stereocenters. The Morgan fingerprint density at radius 3 is 2.10 bits per heavy atom. The molecule has 0 radical (unpaired) electrons. The van der Waals surface area contributed by atoms with Crippen molar-refractivity contribution >= 4 is 29.5 Å². The van der Waals surface area contributed by atoms with Crippen LogP contribution in [0.25, 0.3) is 11.1 Å². The predicted octanol–water partition coefficient (Wildman–Crippen LogP) is 7.20. The van der Waals surface area contributed by atoms with Crippen molar-refractivity contribution in [3.8, 4) is 11.1 Å². The van der Waals surface area contributed by atoms with Gasteiger partial charge in [-0.1, -0.05) is 68.9 Å². The van der Waals surface area contributed by atoms with Gasteiger partial charge in [0, 0.05) is 17.6 Å². The molecule has 0 spiro atoms. The highest BCUT2D eigenvalue weighted by molar-refractivity contribution is 7.98. The Hall–Kier alpha value is -2.80. The maximum atomic E-state index is 14.3. The Labute approximate surface area is 249 Å². The van der Waals surface area contributed by atoms with E-state index in [2.05, 4.69) is 10.2 Å². The maximum Gasteiger partial charge on any atom is 0.326 e. The summed E-state index contributed by atoms with van der Waals surface area (Å²) < 4.78 is 0. The van der Waals surface area contributed by atoms with Gasteiger partial charge >= 0.3 is 5.97 Å². The minimum Gasteiger partial charge on any atom is -0.480 e. The Bertz CT molecular complexity index is 1180. The highest BCUT2D eigenvalue weighted by Gasteiger charge is 2.35. The Kier molecular flexibility index (Phi) is 11.3. The number of thioether (sulfide) groups is 1. The highest BCUT2D eigenvalue weighted by atomic mass is 32.2. The average molecular weight is 579 g/mol. The molecule has 2 aliphatic rings. The molecule has 2 saturated carbocycles. The number of carbonyl (C=O) groups is 3. The van der Waals surface area contributed by atoms with E-state index in [1.807, 2.05) is 56.5 Å². The molecule has 2 aromatic carbocycles. The van der Waals surface area contributed by atoms with E-state index in [0.29, 0.717) is 29.8 Å². The predicted molar refractivity (Wildman–Crippen MR) is 168 cm³/mol. The second-order valence-electron chi connectivity index (χ2n) is 11.8. The number of benzene rings is 2. The maximum absolute atomic E-state index is 14.3. The topological polar surface area (TPSA) is 86.7 Å². The first-order valence-electron chi connectivity index (χ1n) is 15.4. The van der Waals surface area contributed by atoms with Gasteiger partial charge in [0.1, 0.15) is 6.04 Å². The first-order valence-corrected chi connectivity index (χ1v) is 16.8. The standard InChI is InChI=1S/C34H46N2O4S/c1-23-12-10-11-17-28(23)30-22-25(18-19-29(30)32(37)35-31(34(39)40)20-21-41-3)24(2)33(38)36(26-13-6-4-7-14-26)27-15-8-5-9-16-27/h10-12,17-19,22,24,26-27,31H,4-9,13-16,20-21H2,1-3H3,(H,35,37)(H,39,40). The third kappa shape index (κ3) is 7.73. The molecule has 2 aliphatic carbocycles. The van der Waals surface area contributed by atoms with Crippen LogP contribution in [-0.2, 0) is 9.59 Å². The fourth-order valence-corrected chi connectivity index (χ4v) is 7.07. The number of carboxylic acid groups (broad SMARTS) is 1. The number of carboxylic acids is 1. The smallest absolute Gasteiger partial charge is 0.326 e. The molecule has 2 aromatic rings. The number of rotatable bonds is 11. The molecule has 2 N–H and O–H groups in total. The van der Waals surface area contributed by atoms with Crippen molar-refractivity contribution in [2.75, 3.05) is 12.0 Å². The number of aryl methyl sites for hydroxylation is 1. The van der Waals surface area contributed by atoms with Crippen LogP contribution in [0.1, 0.15) is 105 Å². The van der Waals surface area contributed by atoms with Gasteiger partial charge in [-0.25, -0.2) is 4.79 Å². The molecule has 7 heteroatoms. The summed E-state index contributed by atoms with van der Waals surface area (Å²) in [6.07, 6.45) is 13.9. The molecule has 0 bridgehead atoms. The summed E-state index contributed by atoms with van der Waals surface area (Å²) in [6.45, 7) is 4.01. The Balaban J connectivity index is 1.68. The summed E-state index contributed by atoms with van der Waals surface area (Å²) in [6, 6.07) is 13.2. The molecule has 4 rings (SSSR count). The summed E-state index contributed by atoms with van der Waals surface area (Å²) >= 11 is 1.55. The lowest BCUT2D eigenvalue weighted by Gasteiger charge is -2.43. The Morgan fingerprint density at radius 1 is 0.927 bits per heavy atom. The Morgan fingerprint density at radius 2 is 1.54 bits per heavy atom. The summed E-state index contributed by atoms with van der Waals surface area (Å²) in [5.41, 5.74) is 3.97. The van der Waals surface area contributed by atoms with Crippen LogP contribution in [0.4, 0.5) is 0 Å². The summed E-state index contributed by atoms with van der Waals surface area (Å²) in [5, 5.41) is 12.5. The van der Waals surface area contributed by atoms with Crippen LogP contribution >= 0.6 is 11.8 Å². The van der Waals surface area contributed by atoms with Gasteiger partial charge < -0.3 is 15.3 Å². The monoisotopic (exact) mass is 578 g/mol. The highest BCUT2D eigenvalue weighted by Crippen LogP contribution is 2.35. The zero-order valence-corrected chi connectivity index (χ0v) is 25.7. The molecule has 0 aromatic heterocycles. The van der Waals surface area contributed by atoms with Crippen molar-refractivity contribution in [3.63, 3.8) is 0 Å². The van der Waals surface area contributed by atoms with E-state index in [4.69, 9.17) is 0 Å². The number of nitrogens with one attached hydrogen (secondary N) is 1. The van der Waals surface area contributed by atoms with Crippen LogP contribution < -0.4 is 5.32 Å². The molecular formula is C34H46N2O4S. The van der Waals surface area contributed by atoms with Crippen molar-refractivity contribution < 1.29 is 19.5 Å². The van der Waals surface area contributed by atoms with Crippen molar-refractivity contribution in [1.82, 2.24) is 10.2 Å². The summed E-state index contributed by atoms with van der Waals surface area (Å²) in [7, 11) is 0. The van der Waals surface area contributed by atoms with E-state index in [-0.39, 0.29) is 11.8 Å². The molecule has 2 amide bonds. The molecule has 2 atom stereocenters. The van der Waals surface area contributed by atoms with Crippen molar-refractivity contribution in [3.05, 3.63) is 59.2 Å². The van der Waals surface area contributed by atoms with Crippen LogP contribution in [0.3, 0.4) is 0 Å². The lowest BCUT2D eigenvalue weighted by molar-refractivity contribution is -0.140. The second kappa shape index (κ2) is 14.9. The van der Waals surface area contributed by atoms with Gasteiger partial charge in [-0.05, 0) is 92.3 Å². The van der Waals surface area contributed by atoms with Gasteiger partial charge in [-0.3, -0.25) is 9.59 Å². The van der Waals surface area contributed by atoms with Crippen LogP contribution in [0.5, 0.6) is 0 Å². The van der Waals surface area contributed by atoms with Crippen molar-refractivity contribution in [2.45, 2.75) is 109 Å². The lowest BCUT2D eigenvalue weighted by atomic mass is 9.86. The van der Waals surface area contributed by atoms with E-state index in [1.54, 1.807) is 17.8 Å². The normalized spacial score (nSPS) is 17.9. The first kappa shape index (κ1) is 31.1. The van der Waals surface area contributed by atoms with Crippen LogP contribution in [0.15, 0.2) is 42.5 Å². The summed E-state index contributed by atoms with van der Waals surface area (Å²) in [5.74, 6) is -0.954. The second-order valence-corrected chi connectivity index (χ2v) is 12.8. The van der Waals surface area contributed by atoms with E-state index in [0.717, 1.165) is 47.9 Å². The minimum atomic E-state index is -1.04. The number of hydrogen-bond acceptors (Lipinski definition) is 4. The molecule has 222 valence electrons. The van der Waals surface area contributed by atoms with Crippen molar-refractivity contribution in [1.29, 1.82) is 0 Å². The molecule has 0 heterocycles. The number of aliphatic carboxylic acids is 1. The molecular weight excluding hydrogens is 532 g/mol. The number of amides is 2. The summed E-state index contributed by atoms with van der Waals surface area (Å²) in [4.78, 5) is 41.9. The number of nitrogens with zero attached hydrogens (tertiary/aromatic N) is 1. The minimum absolute atomic E-state index is 0.194. The average Bonchev–Trinajstić information content (AvgIpc) is 2.99. The lowest BCUT2D eigenvalue weighted by Crippen LogP contribution is -2.50. The van der Waals surface area contributed by atoms with Gasteiger partial charge in [-0.15, -0.1) is 0 Å². The zero-order valence-electron chi connectivity index (χ0n) is 24.9. The first-order chi connectivity index (χ1) is 19.8. The molecule has 0 saturated heterocycles. The van der Waals surface area contributed by atoms with Gasteiger partial charge in [-0.2, -0.15) is 11.8 Å². The quantitative estimate of drug-likeness (QED) is 0.295. The van der Waals surface area contributed by atoms with Crippen molar-refractivity contribution in [2.24, 2.45) is 0 Å². The van der Waals surface area contributed by atoms with Gasteiger partial charge in [0.2, 0.25) is 5.91 Å². The van der Waals surface area contributed by atoms with Gasteiger partial charge in [0.05, 0.1) is 5.92 Å². The van der Waals surface area contributed by atoms with E-state index in [9.17, 15) is 19.5 Å². The van der Waals surface area contributed by atoms with Crippen LogP contribution in [-0.4, -0.2) is 57.9 Å². The van der Waals surface area contributed by atoms with Gasteiger partial charge in [0.15, 0.2) is 0 Å². The fourth-order valence-electron chi connectivity index (χ4n) is 6.60. The number of hydrogen-bond donors (Lipinski definition) is 2. The van der Waals surface area contributed by atoms with E-state index < -0.39 is 17.9 Å². The number of carbonyl (C=O) groups excluding carboxylic acids is 2. The van der Waals surface area contributed by atoms with Crippen LogP contribution in [0.2, 0.25) is 0 Å².